The minimum atomic E-state index is -1.24. The van der Waals surface area contributed by atoms with Gasteiger partial charge in [0.05, 0.1) is 0 Å². The molecular weight excluding hydrogens is 367 g/mol. The molecule has 0 radical (unpaired) electrons. The number of hydrogen-bond acceptors (Lipinski definition) is 8. The molecule has 1 aliphatic rings. The van der Waals surface area contributed by atoms with Gasteiger partial charge in [-0.25, -0.2) is 4.79 Å². The summed E-state index contributed by atoms with van der Waals surface area (Å²) >= 11 is 0. The molecule has 0 spiro atoms. The van der Waals surface area contributed by atoms with Crippen LogP contribution in [0, 0.1) is 0 Å². The Morgan fingerprint density at radius 3 is 2.61 bits per heavy atom. The average Bonchev–Trinajstić information content (AvgIpc) is 2.61. The van der Waals surface area contributed by atoms with Gasteiger partial charge in [0.15, 0.2) is 0 Å². The summed E-state index contributed by atoms with van der Waals surface area (Å²) in [5, 5.41) is 10.3. The van der Waals surface area contributed by atoms with Gasteiger partial charge in [-0.05, 0) is 31.4 Å². The van der Waals surface area contributed by atoms with E-state index in [0.29, 0.717) is 24.8 Å². The predicted molar refractivity (Wildman–Crippen MR) is 98.7 cm³/mol. The largest absolute Gasteiger partial charge is 0.535 e. The van der Waals surface area contributed by atoms with Crippen LogP contribution in [0.5, 0.6) is 5.75 Å². The lowest BCUT2D eigenvalue weighted by molar-refractivity contribution is -0.149. The van der Waals surface area contributed by atoms with Gasteiger partial charge in [-0.1, -0.05) is 12.1 Å². The van der Waals surface area contributed by atoms with Crippen LogP contribution in [-0.2, 0) is 30.3 Å². The predicted octanol–water partition coefficient (Wildman–Crippen LogP) is 1.87. The molecule has 150 valence electrons. The minimum Gasteiger partial charge on any atom is -0.535 e. The van der Waals surface area contributed by atoms with Gasteiger partial charge in [-0.15, -0.1) is 0 Å². The van der Waals surface area contributed by atoms with Crippen molar-refractivity contribution in [3.63, 3.8) is 0 Å². The second-order valence-electron chi connectivity index (χ2n) is 6.75. The minimum absolute atomic E-state index is 0.0379. The van der Waals surface area contributed by atoms with E-state index in [1.165, 1.54) is 19.9 Å². The molecular formula is C19H23BO8. The Kier molecular flexibility index (Phi) is 7.75. The van der Waals surface area contributed by atoms with E-state index in [2.05, 4.69) is 4.74 Å². The van der Waals surface area contributed by atoms with E-state index < -0.39 is 31.7 Å². The quantitative estimate of drug-likeness (QED) is 0.386. The van der Waals surface area contributed by atoms with Crippen LogP contribution in [0.1, 0.15) is 55.5 Å². The van der Waals surface area contributed by atoms with Crippen molar-refractivity contribution in [2.75, 3.05) is 6.79 Å². The Labute approximate surface area is 163 Å². The van der Waals surface area contributed by atoms with Crippen LogP contribution >= 0.6 is 0 Å². The van der Waals surface area contributed by atoms with Crippen molar-refractivity contribution in [1.29, 1.82) is 0 Å². The molecule has 0 bridgehead atoms. The van der Waals surface area contributed by atoms with Crippen molar-refractivity contribution in [3.8, 4) is 5.75 Å². The van der Waals surface area contributed by atoms with E-state index in [0.717, 1.165) is 0 Å². The molecule has 1 N–H and O–H groups in total. The van der Waals surface area contributed by atoms with Crippen molar-refractivity contribution >= 4 is 30.6 Å². The van der Waals surface area contributed by atoms with Crippen molar-refractivity contribution in [2.24, 2.45) is 0 Å². The first kappa shape index (κ1) is 21.6. The van der Waals surface area contributed by atoms with E-state index in [1.807, 2.05) is 0 Å². The molecule has 8 nitrogen and oxygen atoms in total. The molecule has 0 saturated carbocycles. The highest BCUT2D eigenvalue weighted by molar-refractivity contribution is 6.47. The second kappa shape index (κ2) is 10.0. The average molecular weight is 390 g/mol. The molecule has 1 aromatic rings. The molecule has 0 unspecified atom stereocenters. The molecule has 0 aliphatic carbocycles. The van der Waals surface area contributed by atoms with Crippen LogP contribution in [0.15, 0.2) is 18.2 Å². The van der Waals surface area contributed by atoms with E-state index >= 15 is 0 Å². The highest BCUT2D eigenvalue weighted by Crippen LogP contribution is 2.36. The number of esters is 2. The molecule has 28 heavy (non-hydrogen) atoms. The molecule has 1 heterocycles. The van der Waals surface area contributed by atoms with Crippen LogP contribution < -0.4 is 4.65 Å². The van der Waals surface area contributed by atoms with Gasteiger partial charge in [0.2, 0.25) is 6.79 Å². The smallest absolute Gasteiger partial charge is 0.526 e. The van der Waals surface area contributed by atoms with Crippen molar-refractivity contribution < 1.29 is 38.3 Å². The van der Waals surface area contributed by atoms with Crippen molar-refractivity contribution in [3.05, 3.63) is 29.3 Å². The van der Waals surface area contributed by atoms with Gasteiger partial charge in [0, 0.05) is 32.0 Å². The Bertz CT molecular complexity index is 760. The first-order valence-corrected chi connectivity index (χ1v) is 9.06. The molecule has 0 fully saturated rings. The summed E-state index contributed by atoms with van der Waals surface area (Å²) in [6.45, 7) is 2.16. The van der Waals surface area contributed by atoms with Crippen molar-refractivity contribution in [1.82, 2.24) is 0 Å². The van der Waals surface area contributed by atoms with Gasteiger partial charge >= 0.3 is 19.1 Å². The van der Waals surface area contributed by atoms with Gasteiger partial charge in [-0.2, -0.15) is 0 Å². The zero-order valence-electron chi connectivity index (χ0n) is 15.9. The Morgan fingerprint density at radius 1 is 1.18 bits per heavy atom. The molecule has 1 atom stereocenters. The van der Waals surface area contributed by atoms with Crippen LogP contribution in [0.3, 0.4) is 0 Å². The van der Waals surface area contributed by atoms with Crippen LogP contribution in [0.4, 0.5) is 0 Å². The monoisotopic (exact) mass is 390 g/mol. The van der Waals surface area contributed by atoms with Crippen molar-refractivity contribution in [2.45, 2.75) is 51.8 Å². The van der Waals surface area contributed by atoms with Gasteiger partial charge in [0.1, 0.15) is 22.9 Å². The number of benzene rings is 1. The zero-order chi connectivity index (χ0) is 20.7. The highest BCUT2D eigenvalue weighted by atomic mass is 16.7. The summed E-state index contributed by atoms with van der Waals surface area (Å²) in [6, 6.07) is 4.88. The normalized spacial score (nSPS) is 15.2. The summed E-state index contributed by atoms with van der Waals surface area (Å²) in [7, 11) is -1.24. The molecule has 2 rings (SSSR count). The summed E-state index contributed by atoms with van der Waals surface area (Å²) < 4.78 is 15.0. The summed E-state index contributed by atoms with van der Waals surface area (Å²) in [5.74, 6) is -1.58. The lowest BCUT2D eigenvalue weighted by Gasteiger charge is -2.28. The van der Waals surface area contributed by atoms with E-state index in [9.17, 15) is 24.2 Å². The number of para-hydroxylation sites is 1. The number of fused-ring (bicyclic) bond motifs is 1. The van der Waals surface area contributed by atoms with Crippen LogP contribution in [0.2, 0.25) is 5.82 Å². The molecule has 1 aliphatic heterocycles. The Balaban J connectivity index is 2.00. The number of Topliss-reactive ketones (excluding diaryl/α,β-unsaturated/α-hetero) is 2. The van der Waals surface area contributed by atoms with Crippen LogP contribution in [0.25, 0.3) is 0 Å². The molecule has 0 saturated heterocycles. The lowest BCUT2D eigenvalue weighted by Crippen LogP contribution is -2.36. The first-order chi connectivity index (χ1) is 13.3. The molecule has 9 heteroatoms. The number of ether oxygens (including phenoxy) is 2. The van der Waals surface area contributed by atoms with Gasteiger partial charge in [-0.3, -0.25) is 9.59 Å². The third kappa shape index (κ3) is 6.19. The fourth-order valence-electron chi connectivity index (χ4n) is 2.99. The molecule has 1 aromatic carbocycles. The van der Waals surface area contributed by atoms with Gasteiger partial charge in [0.25, 0.3) is 0 Å². The highest BCUT2D eigenvalue weighted by Gasteiger charge is 2.37. The maximum Gasteiger partial charge on any atom is 0.526 e. The number of rotatable bonds is 9. The molecule has 0 amide bonds. The topological polar surface area (TPSA) is 116 Å². The second-order valence-corrected chi connectivity index (χ2v) is 6.75. The lowest BCUT2D eigenvalue weighted by atomic mass is 9.64. The SMILES string of the molecule is CC(=O)CCCC(=O)C[C@H]1Cc2cccc(C(=O)OCOC(C)=O)c2OB1O. The summed E-state index contributed by atoms with van der Waals surface area (Å²) in [6.07, 6.45) is 1.61. The standard InChI is InChI=1S/C19H23BO8/c1-12(21)5-3-7-16(23)10-15-9-14-6-4-8-17(18(14)28-20(15)25)19(24)27-11-26-13(2)22/h4,6,8,15,25H,3,5,7,9-11H2,1-2H3/t15-/m1/s1. The third-order valence-corrected chi connectivity index (χ3v) is 4.37. The van der Waals surface area contributed by atoms with E-state index in [1.54, 1.807) is 12.1 Å². The van der Waals surface area contributed by atoms with Gasteiger partial charge < -0.3 is 23.9 Å². The zero-order valence-corrected chi connectivity index (χ0v) is 15.9. The van der Waals surface area contributed by atoms with Crippen LogP contribution in [-0.4, -0.2) is 42.4 Å². The fourth-order valence-corrected chi connectivity index (χ4v) is 2.99. The maximum atomic E-state index is 12.2. The van der Waals surface area contributed by atoms with E-state index in [-0.39, 0.29) is 35.7 Å². The Hall–Kier alpha value is -2.68. The number of carbonyl (C=O) groups is 4. The first-order valence-electron chi connectivity index (χ1n) is 9.06. The summed E-state index contributed by atoms with van der Waals surface area (Å²) in [5.41, 5.74) is 0.781. The fraction of sp³-hybridized carbons (Fsp3) is 0.474. The van der Waals surface area contributed by atoms with E-state index in [4.69, 9.17) is 9.39 Å². The number of hydrogen-bond donors (Lipinski definition) is 1. The number of ketones is 2. The third-order valence-electron chi connectivity index (χ3n) is 4.37. The Morgan fingerprint density at radius 2 is 1.93 bits per heavy atom. The molecule has 0 aromatic heterocycles. The summed E-state index contributed by atoms with van der Waals surface area (Å²) in [4.78, 5) is 46.0. The number of carbonyl (C=O) groups excluding carboxylic acids is 4. The maximum absolute atomic E-state index is 12.2.